The predicted octanol–water partition coefficient (Wildman–Crippen LogP) is 1.29. The highest BCUT2D eigenvalue weighted by atomic mass is 16.1. The van der Waals surface area contributed by atoms with Gasteiger partial charge in [-0.1, -0.05) is 13.8 Å². The fraction of sp³-hybridized carbons (Fsp3) is 0.909. The molecule has 14 heavy (non-hydrogen) atoms. The number of carbonyl (C=O) groups is 1. The number of carbonyl (C=O) groups excluding carboxylic acids is 1. The molecule has 0 aromatic rings. The van der Waals surface area contributed by atoms with Crippen molar-refractivity contribution in [3.05, 3.63) is 0 Å². The second kappa shape index (κ2) is 3.89. The molecule has 0 unspecified atom stereocenters. The molecule has 2 N–H and O–H groups in total. The molecule has 3 fully saturated rings. The molecular weight excluding hydrogens is 176 g/mol. The molecule has 0 aromatic heterocycles. The van der Waals surface area contributed by atoms with Crippen LogP contribution in [0.5, 0.6) is 0 Å². The zero-order chi connectivity index (χ0) is 10.8. The van der Waals surface area contributed by atoms with Gasteiger partial charge in [-0.25, -0.2) is 0 Å². The fourth-order valence-corrected chi connectivity index (χ4v) is 3.07. The average molecular weight is 198 g/mol. The molecule has 0 aliphatic heterocycles. The minimum Gasteiger partial charge on any atom is -0.351 e. The Balaban J connectivity index is 0.000000461. The van der Waals surface area contributed by atoms with Crippen molar-refractivity contribution in [2.45, 2.75) is 45.6 Å². The summed E-state index contributed by atoms with van der Waals surface area (Å²) in [5.74, 6) is 0.118. The summed E-state index contributed by atoms with van der Waals surface area (Å²) >= 11 is 0. The van der Waals surface area contributed by atoms with Crippen LogP contribution >= 0.6 is 0 Å². The van der Waals surface area contributed by atoms with E-state index < -0.39 is 0 Å². The Kier molecular flexibility index (Phi) is 3.20. The molecule has 2 bridgehead atoms. The first-order valence-corrected chi connectivity index (χ1v) is 5.53. The van der Waals surface area contributed by atoms with E-state index in [1.54, 1.807) is 6.92 Å². The molecule has 3 nitrogen and oxygen atoms in total. The van der Waals surface area contributed by atoms with Gasteiger partial charge in [-0.15, -0.1) is 0 Å². The third-order valence-electron chi connectivity index (χ3n) is 3.13. The van der Waals surface area contributed by atoms with Crippen LogP contribution in [0.3, 0.4) is 0 Å². The van der Waals surface area contributed by atoms with Crippen molar-refractivity contribution >= 4 is 5.91 Å². The van der Waals surface area contributed by atoms with E-state index in [0.29, 0.717) is 5.41 Å². The minimum absolute atomic E-state index is 0.118. The lowest BCUT2D eigenvalue weighted by molar-refractivity contribution is -0.161. The van der Waals surface area contributed by atoms with Gasteiger partial charge >= 0.3 is 0 Å². The van der Waals surface area contributed by atoms with E-state index in [4.69, 9.17) is 0 Å². The topological polar surface area (TPSA) is 41.1 Å². The van der Waals surface area contributed by atoms with Crippen LogP contribution in [0.1, 0.15) is 40.0 Å². The van der Waals surface area contributed by atoms with Crippen molar-refractivity contribution in [1.82, 2.24) is 10.6 Å². The van der Waals surface area contributed by atoms with Crippen LogP contribution < -0.4 is 10.6 Å². The summed E-state index contributed by atoms with van der Waals surface area (Å²) in [6.45, 7) is 6.71. The van der Waals surface area contributed by atoms with Gasteiger partial charge in [0.15, 0.2) is 0 Å². The zero-order valence-corrected chi connectivity index (χ0v) is 9.74. The lowest BCUT2D eigenvalue weighted by Gasteiger charge is -2.70. The maximum atomic E-state index is 10.8. The summed E-state index contributed by atoms with van der Waals surface area (Å²) in [6.07, 6.45) is 3.54. The lowest BCUT2D eigenvalue weighted by atomic mass is 9.39. The summed E-state index contributed by atoms with van der Waals surface area (Å²) in [6, 6.07) is 0. The van der Waals surface area contributed by atoms with E-state index in [2.05, 4.69) is 10.6 Å². The molecule has 0 aromatic carbocycles. The van der Waals surface area contributed by atoms with Crippen LogP contribution in [-0.2, 0) is 4.79 Å². The molecular formula is C11H22N2O. The molecule has 3 heteroatoms. The van der Waals surface area contributed by atoms with Crippen molar-refractivity contribution in [3.63, 3.8) is 0 Å². The number of amides is 1. The second-order valence-electron chi connectivity index (χ2n) is 4.52. The van der Waals surface area contributed by atoms with Crippen molar-refractivity contribution in [2.75, 3.05) is 13.6 Å². The first kappa shape index (κ1) is 11.5. The summed E-state index contributed by atoms with van der Waals surface area (Å²) in [4.78, 5) is 10.8. The smallest absolute Gasteiger partial charge is 0.217 e. The Morgan fingerprint density at radius 1 is 1.29 bits per heavy atom. The maximum absolute atomic E-state index is 10.8. The van der Waals surface area contributed by atoms with Crippen LogP contribution in [0.2, 0.25) is 0 Å². The minimum atomic E-state index is 0.118. The van der Waals surface area contributed by atoms with Crippen molar-refractivity contribution in [2.24, 2.45) is 5.41 Å². The normalized spacial score (nSPS) is 37.1. The van der Waals surface area contributed by atoms with Gasteiger partial charge in [-0.05, 0) is 31.7 Å². The van der Waals surface area contributed by atoms with Gasteiger partial charge in [0.25, 0.3) is 0 Å². The first-order valence-electron chi connectivity index (χ1n) is 5.53. The van der Waals surface area contributed by atoms with Crippen LogP contribution in [0.25, 0.3) is 0 Å². The van der Waals surface area contributed by atoms with Crippen LogP contribution in [0.4, 0.5) is 0 Å². The second-order valence-corrected chi connectivity index (χ2v) is 4.52. The fourth-order valence-electron chi connectivity index (χ4n) is 3.07. The first-order chi connectivity index (χ1) is 6.60. The van der Waals surface area contributed by atoms with E-state index in [-0.39, 0.29) is 11.4 Å². The molecule has 3 saturated carbocycles. The van der Waals surface area contributed by atoms with Gasteiger partial charge in [-0.2, -0.15) is 0 Å². The van der Waals surface area contributed by atoms with E-state index in [9.17, 15) is 4.79 Å². The van der Waals surface area contributed by atoms with Gasteiger partial charge in [0.2, 0.25) is 5.91 Å². The summed E-state index contributed by atoms with van der Waals surface area (Å²) < 4.78 is 0. The molecule has 3 aliphatic rings. The van der Waals surface area contributed by atoms with E-state index in [0.717, 1.165) is 6.54 Å². The highest BCUT2D eigenvalue weighted by Gasteiger charge is 2.67. The van der Waals surface area contributed by atoms with Gasteiger partial charge in [-0.3, -0.25) is 4.79 Å². The molecule has 0 saturated heterocycles. The molecule has 3 rings (SSSR count). The maximum Gasteiger partial charge on any atom is 0.217 e. The molecule has 1 amide bonds. The van der Waals surface area contributed by atoms with E-state index >= 15 is 0 Å². The van der Waals surface area contributed by atoms with Crippen LogP contribution in [0.15, 0.2) is 0 Å². The van der Waals surface area contributed by atoms with Gasteiger partial charge in [0.05, 0.1) is 0 Å². The molecule has 0 radical (unpaired) electrons. The SMILES string of the molecule is CC.CNCC12CC(NC(C)=O)(C1)C2. The highest BCUT2D eigenvalue weighted by Crippen LogP contribution is 2.66. The van der Waals surface area contributed by atoms with Gasteiger partial charge in [0, 0.05) is 19.0 Å². The average Bonchev–Trinajstić information content (AvgIpc) is 2.02. The highest BCUT2D eigenvalue weighted by molar-refractivity contribution is 5.74. The third-order valence-corrected chi connectivity index (χ3v) is 3.13. The standard InChI is InChI=1S/C9H16N2O.C2H6/c1-7(12)11-9-3-8(4-9,5-9)6-10-2;1-2/h10H,3-6H2,1-2H3,(H,11,12);1-2H3. The molecule has 0 atom stereocenters. The Hall–Kier alpha value is -0.570. The van der Waals surface area contributed by atoms with Crippen LogP contribution in [-0.4, -0.2) is 25.0 Å². The molecule has 0 heterocycles. The Labute approximate surface area is 86.6 Å². The molecule has 3 aliphatic carbocycles. The predicted molar refractivity (Wildman–Crippen MR) is 58.1 cm³/mol. The lowest BCUT2D eigenvalue weighted by Crippen LogP contribution is -2.76. The molecule has 0 spiro atoms. The number of hydrogen-bond donors (Lipinski definition) is 2. The monoisotopic (exact) mass is 198 g/mol. The largest absolute Gasteiger partial charge is 0.351 e. The quantitative estimate of drug-likeness (QED) is 0.717. The van der Waals surface area contributed by atoms with Crippen molar-refractivity contribution in [1.29, 1.82) is 0 Å². The van der Waals surface area contributed by atoms with Crippen molar-refractivity contribution in [3.8, 4) is 0 Å². The van der Waals surface area contributed by atoms with Gasteiger partial charge in [0.1, 0.15) is 0 Å². The summed E-state index contributed by atoms with van der Waals surface area (Å²) in [5, 5.41) is 6.24. The van der Waals surface area contributed by atoms with E-state index in [1.165, 1.54) is 19.3 Å². The van der Waals surface area contributed by atoms with Crippen LogP contribution in [0, 0.1) is 5.41 Å². The summed E-state index contributed by atoms with van der Waals surface area (Å²) in [5.41, 5.74) is 0.750. The van der Waals surface area contributed by atoms with Gasteiger partial charge < -0.3 is 10.6 Å². The number of hydrogen-bond acceptors (Lipinski definition) is 2. The Bertz CT molecular complexity index is 206. The zero-order valence-electron chi connectivity index (χ0n) is 9.74. The third kappa shape index (κ3) is 1.78. The number of rotatable bonds is 3. The Morgan fingerprint density at radius 2 is 1.79 bits per heavy atom. The van der Waals surface area contributed by atoms with Crippen molar-refractivity contribution < 1.29 is 4.79 Å². The Morgan fingerprint density at radius 3 is 2.14 bits per heavy atom. The molecule has 82 valence electrons. The number of nitrogens with one attached hydrogen (secondary N) is 2. The summed E-state index contributed by atoms with van der Waals surface area (Å²) in [7, 11) is 1.99. The van der Waals surface area contributed by atoms with E-state index in [1.807, 2.05) is 20.9 Å².